The number of fused-ring (bicyclic) bond motifs is 1. The summed E-state index contributed by atoms with van der Waals surface area (Å²) in [6.07, 6.45) is 0.560. The Bertz CT molecular complexity index is 1490. The van der Waals surface area contributed by atoms with Gasteiger partial charge < -0.3 is 23.9 Å². The summed E-state index contributed by atoms with van der Waals surface area (Å²) in [4.78, 5) is 28.7. The molecule has 4 aromatic rings. The number of carbonyl (C=O) groups excluding carboxylic acids is 2. The van der Waals surface area contributed by atoms with Crippen molar-refractivity contribution in [3.8, 4) is 11.5 Å². The lowest BCUT2D eigenvalue weighted by Gasteiger charge is -2.27. The highest BCUT2D eigenvalue weighted by atomic mass is 16.5. The van der Waals surface area contributed by atoms with Crippen LogP contribution in [-0.2, 0) is 11.2 Å². The van der Waals surface area contributed by atoms with Crippen LogP contribution in [0.5, 0.6) is 11.5 Å². The zero-order valence-corrected chi connectivity index (χ0v) is 20.6. The number of carbonyl (C=O) groups is 2. The first-order valence-corrected chi connectivity index (χ1v) is 12.1. The van der Waals surface area contributed by atoms with Crippen molar-refractivity contribution in [2.45, 2.75) is 19.4 Å². The van der Waals surface area contributed by atoms with E-state index in [2.05, 4.69) is 0 Å². The molecule has 1 aliphatic heterocycles. The van der Waals surface area contributed by atoms with E-state index >= 15 is 0 Å². The van der Waals surface area contributed by atoms with Crippen molar-refractivity contribution >= 4 is 22.7 Å². The average Bonchev–Trinajstić information content (AvgIpc) is 3.47. The summed E-state index contributed by atoms with van der Waals surface area (Å²) in [5.41, 5.74) is 2.10. The first-order valence-electron chi connectivity index (χ1n) is 12.1. The van der Waals surface area contributed by atoms with E-state index in [0.717, 1.165) is 5.56 Å². The Labute approximate surface area is 214 Å². The minimum Gasteiger partial charge on any atom is -0.503 e. The fraction of sp³-hybridized carbons (Fsp3) is 0.200. The molecule has 37 heavy (non-hydrogen) atoms. The molecule has 0 spiro atoms. The molecule has 7 heteroatoms. The first kappa shape index (κ1) is 24.2. The lowest BCUT2D eigenvalue weighted by atomic mass is 9.94. The van der Waals surface area contributed by atoms with E-state index in [4.69, 9.17) is 13.9 Å². The van der Waals surface area contributed by atoms with E-state index in [-0.39, 0.29) is 11.3 Å². The van der Waals surface area contributed by atoms with Crippen molar-refractivity contribution in [2.24, 2.45) is 0 Å². The van der Waals surface area contributed by atoms with Crippen molar-refractivity contribution < 1.29 is 28.6 Å². The van der Waals surface area contributed by atoms with E-state index in [0.29, 0.717) is 47.6 Å². The Balaban J connectivity index is 1.56. The Morgan fingerprint density at radius 2 is 1.81 bits per heavy atom. The molecule has 0 fully saturated rings. The molecule has 2 heterocycles. The maximum absolute atomic E-state index is 13.8. The van der Waals surface area contributed by atoms with Gasteiger partial charge >= 0.3 is 0 Å². The molecule has 0 saturated carbocycles. The van der Waals surface area contributed by atoms with E-state index in [1.54, 1.807) is 30.3 Å². The number of ether oxygens (including phenoxy) is 2. The Hall–Kier alpha value is -4.52. The van der Waals surface area contributed by atoms with Crippen LogP contribution in [0, 0.1) is 0 Å². The number of aliphatic hydroxyl groups is 1. The standard InChI is InChI=1S/C30H27NO6/c1-3-36-22-13-7-11-20(17-22)26-25(27(32)24-18-21-12-8-14-23(35-2)29(21)37-24)28(33)30(34)31(26)16-15-19-9-5-4-6-10-19/h4-14,17-18,26,33H,3,15-16H2,1-2H3. The molecule has 0 bridgehead atoms. The second kappa shape index (κ2) is 10.2. The Morgan fingerprint density at radius 1 is 1.03 bits per heavy atom. The van der Waals surface area contributed by atoms with Crippen LogP contribution >= 0.6 is 0 Å². The van der Waals surface area contributed by atoms with Gasteiger partial charge in [-0.15, -0.1) is 0 Å². The largest absolute Gasteiger partial charge is 0.503 e. The van der Waals surface area contributed by atoms with Crippen LogP contribution in [0.2, 0.25) is 0 Å². The quantitative estimate of drug-likeness (QED) is 0.300. The van der Waals surface area contributed by atoms with Crippen molar-refractivity contribution in [3.63, 3.8) is 0 Å². The number of methoxy groups -OCH3 is 1. The zero-order valence-electron chi connectivity index (χ0n) is 20.6. The molecule has 1 unspecified atom stereocenters. The first-order chi connectivity index (χ1) is 18.0. The number of para-hydroxylation sites is 1. The number of Topliss-reactive ketones (excluding diaryl/α,β-unsaturated/α-hetero) is 1. The maximum atomic E-state index is 13.8. The molecular weight excluding hydrogens is 470 g/mol. The highest BCUT2D eigenvalue weighted by Gasteiger charge is 2.44. The van der Waals surface area contributed by atoms with Gasteiger partial charge in [0.1, 0.15) is 5.75 Å². The number of hydrogen-bond acceptors (Lipinski definition) is 6. The van der Waals surface area contributed by atoms with Crippen molar-refractivity contribution in [2.75, 3.05) is 20.3 Å². The number of nitrogens with zero attached hydrogens (tertiary/aromatic N) is 1. The van der Waals surface area contributed by atoms with Gasteiger partial charge in [-0.3, -0.25) is 9.59 Å². The fourth-order valence-electron chi connectivity index (χ4n) is 4.74. The lowest BCUT2D eigenvalue weighted by molar-refractivity contribution is -0.129. The highest BCUT2D eigenvalue weighted by Crippen LogP contribution is 2.41. The summed E-state index contributed by atoms with van der Waals surface area (Å²) < 4.78 is 16.9. The molecule has 1 amide bonds. The Morgan fingerprint density at radius 3 is 2.57 bits per heavy atom. The molecule has 5 rings (SSSR count). The average molecular weight is 498 g/mol. The molecule has 0 aliphatic carbocycles. The second-order valence-electron chi connectivity index (χ2n) is 8.72. The van der Waals surface area contributed by atoms with Crippen LogP contribution in [0.3, 0.4) is 0 Å². The van der Waals surface area contributed by atoms with Gasteiger partial charge in [-0.05, 0) is 48.7 Å². The van der Waals surface area contributed by atoms with E-state index < -0.39 is 23.5 Å². The van der Waals surface area contributed by atoms with Gasteiger partial charge in [0, 0.05) is 11.9 Å². The minimum atomic E-state index is -0.806. The molecule has 0 saturated heterocycles. The van der Waals surface area contributed by atoms with Crippen LogP contribution < -0.4 is 9.47 Å². The summed E-state index contributed by atoms with van der Waals surface area (Å²) in [6.45, 7) is 2.66. The summed E-state index contributed by atoms with van der Waals surface area (Å²) in [6, 6.07) is 23.1. The predicted molar refractivity (Wildman–Crippen MR) is 139 cm³/mol. The van der Waals surface area contributed by atoms with Gasteiger partial charge in [-0.25, -0.2) is 0 Å². The van der Waals surface area contributed by atoms with Crippen LogP contribution in [0.15, 0.2) is 94.6 Å². The lowest BCUT2D eigenvalue weighted by Crippen LogP contribution is -2.33. The van der Waals surface area contributed by atoms with E-state index in [9.17, 15) is 14.7 Å². The minimum absolute atomic E-state index is 0.0183. The molecule has 188 valence electrons. The number of ketones is 1. The van der Waals surface area contributed by atoms with Gasteiger partial charge in [0.05, 0.1) is 25.3 Å². The predicted octanol–water partition coefficient (Wildman–Crippen LogP) is 5.66. The Kier molecular flexibility index (Phi) is 6.68. The number of amides is 1. The number of benzene rings is 3. The molecule has 1 aromatic heterocycles. The number of hydrogen-bond donors (Lipinski definition) is 1. The topological polar surface area (TPSA) is 89.2 Å². The zero-order chi connectivity index (χ0) is 25.9. The fourth-order valence-corrected chi connectivity index (χ4v) is 4.74. The summed E-state index contributed by atoms with van der Waals surface area (Å²) in [7, 11) is 1.52. The van der Waals surface area contributed by atoms with Gasteiger partial charge in [-0.2, -0.15) is 0 Å². The molecule has 1 N–H and O–H groups in total. The summed E-state index contributed by atoms with van der Waals surface area (Å²) in [5.74, 6) is -0.607. The second-order valence-corrected chi connectivity index (χ2v) is 8.72. The van der Waals surface area contributed by atoms with Crippen molar-refractivity contribution in [1.29, 1.82) is 0 Å². The molecule has 0 radical (unpaired) electrons. The molecule has 7 nitrogen and oxygen atoms in total. The molecule has 1 atom stereocenters. The normalized spacial score (nSPS) is 15.5. The van der Waals surface area contributed by atoms with Gasteiger partial charge in [0.2, 0.25) is 5.78 Å². The highest BCUT2D eigenvalue weighted by molar-refractivity contribution is 6.16. The third-order valence-corrected chi connectivity index (χ3v) is 6.47. The third-order valence-electron chi connectivity index (χ3n) is 6.47. The van der Waals surface area contributed by atoms with Gasteiger partial charge in [-0.1, -0.05) is 54.6 Å². The van der Waals surface area contributed by atoms with Crippen molar-refractivity contribution in [1.82, 2.24) is 4.90 Å². The summed E-state index contributed by atoms with van der Waals surface area (Å²) >= 11 is 0. The van der Waals surface area contributed by atoms with E-state index in [1.807, 2.05) is 55.5 Å². The monoisotopic (exact) mass is 497 g/mol. The van der Waals surface area contributed by atoms with Crippen LogP contribution in [-0.4, -0.2) is 42.0 Å². The maximum Gasteiger partial charge on any atom is 0.290 e. The van der Waals surface area contributed by atoms with Crippen LogP contribution in [0.1, 0.15) is 34.6 Å². The molecule has 3 aromatic carbocycles. The molecular formula is C30H27NO6. The number of aliphatic hydroxyl groups excluding tert-OH is 1. The van der Waals surface area contributed by atoms with Crippen LogP contribution in [0.25, 0.3) is 11.0 Å². The van der Waals surface area contributed by atoms with Crippen LogP contribution in [0.4, 0.5) is 0 Å². The number of rotatable bonds is 9. The van der Waals surface area contributed by atoms with Crippen molar-refractivity contribution in [3.05, 3.63) is 107 Å². The smallest absolute Gasteiger partial charge is 0.290 e. The summed E-state index contributed by atoms with van der Waals surface area (Å²) in [5, 5.41) is 11.7. The SMILES string of the molecule is CCOc1cccc(C2C(C(=O)c3cc4cccc(OC)c4o3)=C(O)C(=O)N2CCc2ccccc2)c1. The van der Waals surface area contributed by atoms with Gasteiger partial charge in [0.25, 0.3) is 5.91 Å². The molecule has 1 aliphatic rings. The number of furan rings is 1. The third kappa shape index (κ3) is 4.56. The van der Waals surface area contributed by atoms with Gasteiger partial charge in [0.15, 0.2) is 22.9 Å². The van der Waals surface area contributed by atoms with E-state index in [1.165, 1.54) is 12.0 Å².